The highest BCUT2D eigenvalue weighted by Gasteiger charge is 2.23. The Balaban J connectivity index is 1.82. The number of hydrogen-bond acceptors (Lipinski definition) is 3. The van der Waals surface area contributed by atoms with Gasteiger partial charge in [-0.25, -0.2) is 9.18 Å². The van der Waals surface area contributed by atoms with Gasteiger partial charge in [-0.05, 0) is 37.1 Å². The Morgan fingerprint density at radius 3 is 2.90 bits per heavy atom. The fourth-order valence-electron chi connectivity index (χ4n) is 1.48. The smallest absolute Gasteiger partial charge is 0.331 e. The van der Waals surface area contributed by atoms with Gasteiger partial charge in [0.25, 0.3) is 5.91 Å². The standard InChI is InChI=1S/C14H13BrFNO3/c15-10-2-5-12(16)9(7-10)1-6-14(19)20-8-13(18)17-11-3-4-11/h1-2,5-7,11H,3-4,8H2,(H,17,18)/b6-1+. The summed E-state index contributed by atoms with van der Waals surface area (Å²) in [6.45, 7) is -0.319. The van der Waals surface area contributed by atoms with Crippen LogP contribution < -0.4 is 5.32 Å². The lowest BCUT2D eigenvalue weighted by atomic mass is 10.2. The summed E-state index contributed by atoms with van der Waals surface area (Å²) < 4.78 is 18.9. The Labute approximate surface area is 124 Å². The second kappa shape index (κ2) is 6.65. The maximum atomic E-state index is 13.4. The van der Waals surface area contributed by atoms with Crippen LogP contribution in [-0.2, 0) is 14.3 Å². The number of rotatable bonds is 5. The predicted molar refractivity (Wildman–Crippen MR) is 75.3 cm³/mol. The summed E-state index contributed by atoms with van der Waals surface area (Å²) in [7, 11) is 0. The van der Waals surface area contributed by atoms with Gasteiger partial charge in [0.1, 0.15) is 5.82 Å². The van der Waals surface area contributed by atoms with E-state index >= 15 is 0 Å². The van der Waals surface area contributed by atoms with Gasteiger partial charge in [-0.2, -0.15) is 0 Å². The molecule has 2 rings (SSSR count). The van der Waals surface area contributed by atoms with E-state index in [0.717, 1.165) is 18.9 Å². The van der Waals surface area contributed by atoms with Crippen molar-refractivity contribution in [3.63, 3.8) is 0 Å². The minimum absolute atomic E-state index is 0.229. The largest absolute Gasteiger partial charge is 0.452 e. The Morgan fingerprint density at radius 2 is 2.20 bits per heavy atom. The molecule has 0 bridgehead atoms. The second-order valence-corrected chi connectivity index (χ2v) is 5.36. The predicted octanol–water partition coefficient (Wildman–Crippen LogP) is 2.42. The van der Waals surface area contributed by atoms with Gasteiger partial charge >= 0.3 is 5.97 Å². The molecule has 0 unspecified atom stereocenters. The lowest BCUT2D eigenvalue weighted by Crippen LogP contribution is -2.30. The first-order valence-electron chi connectivity index (χ1n) is 6.14. The number of amides is 1. The van der Waals surface area contributed by atoms with E-state index in [0.29, 0.717) is 4.47 Å². The van der Waals surface area contributed by atoms with E-state index in [9.17, 15) is 14.0 Å². The number of carbonyl (C=O) groups is 2. The van der Waals surface area contributed by atoms with Gasteiger partial charge in [-0.1, -0.05) is 15.9 Å². The van der Waals surface area contributed by atoms with Gasteiger partial charge in [-0.3, -0.25) is 4.79 Å². The van der Waals surface area contributed by atoms with Crippen LogP contribution in [0.15, 0.2) is 28.7 Å². The van der Waals surface area contributed by atoms with Crippen molar-refractivity contribution >= 4 is 33.9 Å². The lowest BCUT2D eigenvalue weighted by molar-refractivity contribution is -0.143. The molecule has 1 fully saturated rings. The van der Waals surface area contributed by atoms with Gasteiger partial charge in [0.05, 0.1) is 0 Å². The third-order valence-corrected chi connectivity index (χ3v) is 3.14. The van der Waals surface area contributed by atoms with Crippen molar-refractivity contribution in [2.75, 3.05) is 6.61 Å². The monoisotopic (exact) mass is 341 g/mol. The first-order chi connectivity index (χ1) is 9.54. The van der Waals surface area contributed by atoms with Crippen molar-refractivity contribution in [1.29, 1.82) is 0 Å². The summed E-state index contributed by atoms with van der Waals surface area (Å²) in [4.78, 5) is 22.7. The minimum atomic E-state index is -0.685. The molecule has 1 aliphatic rings. The molecule has 1 aromatic rings. The summed E-state index contributed by atoms with van der Waals surface area (Å²) in [6, 6.07) is 4.62. The van der Waals surface area contributed by atoms with Gasteiger partial charge in [0, 0.05) is 22.2 Å². The summed E-state index contributed by atoms with van der Waals surface area (Å²) in [5.74, 6) is -1.44. The summed E-state index contributed by atoms with van der Waals surface area (Å²) in [5, 5.41) is 2.69. The zero-order valence-electron chi connectivity index (χ0n) is 10.6. The first kappa shape index (κ1) is 14.7. The zero-order valence-corrected chi connectivity index (χ0v) is 12.2. The van der Waals surface area contributed by atoms with Crippen molar-refractivity contribution in [2.24, 2.45) is 0 Å². The topological polar surface area (TPSA) is 55.4 Å². The summed E-state index contributed by atoms with van der Waals surface area (Å²) in [6.07, 6.45) is 4.35. The third-order valence-electron chi connectivity index (χ3n) is 2.65. The van der Waals surface area contributed by atoms with Crippen LogP contribution in [0.2, 0.25) is 0 Å². The average Bonchev–Trinajstić information content (AvgIpc) is 3.21. The van der Waals surface area contributed by atoms with Gasteiger partial charge in [-0.15, -0.1) is 0 Å². The quantitative estimate of drug-likeness (QED) is 0.661. The molecule has 6 heteroatoms. The van der Waals surface area contributed by atoms with E-state index in [1.54, 1.807) is 12.1 Å². The van der Waals surface area contributed by atoms with Gasteiger partial charge in [0.15, 0.2) is 6.61 Å². The van der Waals surface area contributed by atoms with Crippen molar-refractivity contribution in [1.82, 2.24) is 5.32 Å². The van der Waals surface area contributed by atoms with Crippen LogP contribution in [0.1, 0.15) is 18.4 Å². The molecule has 1 amide bonds. The zero-order chi connectivity index (χ0) is 14.5. The molecule has 0 aromatic heterocycles. The Morgan fingerprint density at radius 1 is 1.45 bits per heavy atom. The minimum Gasteiger partial charge on any atom is -0.452 e. The van der Waals surface area contributed by atoms with Crippen molar-refractivity contribution in [3.8, 4) is 0 Å². The molecule has 0 radical (unpaired) electrons. The molecule has 20 heavy (non-hydrogen) atoms. The molecular weight excluding hydrogens is 329 g/mol. The van der Waals surface area contributed by atoms with E-state index < -0.39 is 11.8 Å². The van der Waals surface area contributed by atoms with Crippen molar-refractivity contribution in [2.45, 2.75) is 18.9 Å². The van der Waals surface area contributed by atoms with Crippen molar-refractivity contribution in [3.05, 3.63) is 40.1 Å². The summed E-state index contributed by atoms with van der Waals surface area (Å²) in [5.41, 5.74) is 0.263. The molecule has 0 saturated heterocycles. The molecule has 0 atom stereocenters. The Kier molecular flexibility index (Phi) is 4.89. The van der Waals surface area contributed by atoms with Crippen LogP contribution >= 0.6 is 15.9 Å². The van der Waals surface area contributed by atoms with Crippen molar-refractivity contribution < 1.29 is 18.7 Å². The van der Waals surface area contributed by atoms with Gasteiger partial charge < -0.3 is 10.1 Å². The highest BCUT2D eigenvalue weighted by Crippen LogP contribution is 2.18. The fraction of sp³-hybridized carbons (Fsp3) is 0.286. The number of nitrogens with one attached hydrogen (secondary N) is 1. The maximum Gasteiger partial charge on any atom is 0.331 e. The first-order valence-corrected chi connectivity index (χ1v) is 6.93. The Hall–Kier alpha value is -1.69. The molecule has 0 aliphatic heterocycles. The highest BCUT2D eigenvalue weighted by atomic mass is 79.9. The van der Waals surface area contributed by atoms with Crippen LogP contribution in [0, 0.1) is 5.82 Å². The average molecular weight is 342 g/mol. The molecule has 1 aliphatic carbocycles. The maximum absolute atomic E-state index is 13.4. The number of halogens is 2. The number of hydrogen-bond donors (Lipinski definition) is 1. The second-order valence-electron chi connectivity index (χ2n) is 4.45. The fourth-order valence-corrected chi connectivity index (χ4v) is 1.86. The molecule has 0 spiro atoms. The molecule has 1 N–H and O–H groups in total. The lowest BCUT2D eigenvalue weighted by Gasteiger charge is -2.03. The molecular formula is C14H13BrFNO3. The van der Waals surface area contributed by atoms with E-state index in [1.165, 1.54) is 12.1 Å². The number of ether oxygens (including phenoxy) is 1. The SMILES string of the molecule is O=C(COC(=O)/C=C/c1cc(Br)ccc1F)NC1CC1. The number of carbonyl (C=O) groups excluding carboxylic acids is 2. The molecule has 4 nitrogen and oxygen atoms in total. The van der Waals surface area contributed by atoms with Crippen LogP contribution in [0.25, 0.3) is 6.08 Å². The number of benzene rings is 1. The van der Waals surface area contributed by atoms with E-state index in [-0.39, 0.29) is 24.1 Å². The van der Waals surface area contributed by atoms with Crippen LogP contribution in [0.3, 0.4) is 0 Å². The Bertz CT molecular complexity index is 555. The normalized spacial score (nSPS) is 14.3. The highest BCUT2D eigenvalue weighted by molar-refractivity contribution is 9.10. The molecule has 0 heterocycles. The third kappa shape index (κ3) is 4.77. The molecule has 1 saturated carbocycles. The van der Waals surface area contributed by atoms with Crippen LogP contribution in [-0.4, -0.2) is 24.5 Å². The van der Waals surface area contributed by atoms with Crippen LogP contribution in [0.5, 0.6) is 0 Å². The molecule has 1 aromatic carbocycles. The van der Waals surface area contributed by atoms with E-state index in [2.05, 4.69) is 21.2 Å². The van der Waals surface area contributed by atoms with E-state index in [1.807, 2.05) is 0 Å². The molecule has 106 valence electrons. The number of esters is 1. The summed E-state index contributed by atoms with van der Waals surface area (Å²) >= 11 is 3.21. The van der Waals surface area contributed by atoms with Crippen LogP contribution in [0.4, 0.5) is 4.39 Å². The van der Waals surface area contributed by atoms with E-state index in [4.69, 9.17) is 4.74 Å². The van der Waals surface area contributed by atoms with Gasteiger partial charge in [0.2, 0.25) is 0 Å².